The molecule has 5 nitrogen and oxygen atoms in total. The SMILES string of the molecule is CC(=O)c1c(-c2ccc(N(C)Cc3ccnc(C)c3)cc2)c2cc(Cl)ccc2[nH]c1=O. The number of fused-ring (bicyclic) bond motifs is 1. The van der Waals surface area contributed by atoms with Crippen LogP contribution in [0.4, 0.5) is 5.69 Å². The maximum Gasteiger partial charge on any atom is 0.259 e. The molecular formula is C25H22ClN3O2. The number of anilines is 1. The van der Waals surface area contributed by atoms with Gasteiger partial charge in [-0.1, -0.05) is 23.7 Å². The molecular weight excluding hydrogens is 410 g/mol. The van der Waals surface area contributed by atoms with E-state index in [2.05, 4.69) is 20.9 Å². The number of halogens is 1. The molecule has 0 aliphatic heterocycles. The van der Waals surface area contributed by atoms with Gasteiger partial charge in [-0.2, -0.15) is 0 Å². The number of benzene rings is 2. The second kappa shape index (κ2) is 8.36. The highest BCUT2D eigenvalue weighted by Crippen LogP contribution is 2.32. The van der Waals surface area contributed by atoms with Crippen molar-refractivity contribution < 1.29 is 4.79 Å². The van der Waals surface area contributed by atoms with Gasteiger partial charge in [0.15, 0.2) is 5.78 Å². The summed E-state index contributed by atoms with van der Waals surface area (Å²) in [5.41, 5.74) is 4.97. The van der Waals surface area contributed by atoms with Crippen LogP contribution < -0.4 is 10.5 Å². The molecule has 0 atom stereocenters. The van der Waals surface area contributed by atoms with Crippen molar-refractivity contribution in [3.8, 4) is 11.1 Å². The Morgan fingerprint density at radius 1 is 1.10 bits per heavy atom. The molecule has 2 aromatic heterocycles. The first-order valence-electron chi connectivity index (χ1n) is 9.93. The summed E-state index contributed by atoms with van der Waals surface area (Å²) in [6.45, 7) is 4.12. The van der Waals surface area contributed by atoms with Crippen LogP contribution in [0.1, 0.15) is 28.5 Å². The molecule has 6 heteroatoms. The molecule has 0 unspecified atom stereocenters. The van der Waals surface area contributed by atoms with E-state index in [1.165, 1.54) is 12.5 Å². The van der Waals surface area contributed by atoms with Crippen molar-refractivity contribution in [2.75, 3.05) is 11.9 Å². The average Bonchev–Trinajstić information content (AvgIpc) is 2.73. The Hall–Kier alpha value is -3.44. The number of Topliss-reactive ketones (excluding diaryl/α,β-unsaturated/α-hetero) is 1. The van der Waals surface area contributed by atoms with E-state index >= 15 is 0 Å². The van der Waals surface area contributed by atoms with Crippen LogP contribution in [0.2, 0.25) is 5.02 Å². The summed E-state index contributed by atoms with van der Waals surface area (Å²) in [5, 5.41) is 1.28. The molecule has 0 radical (unpaired) electrons. The van der Waals surface area contributed by atoms with Gasteiger partial charge in [-0.05, 0) is 67.4 Å². The smallest absolute Gasteiger partial charge is 0.259 e. The minimum atomic E-state index is -0.397. The minimum absolute atomic E-state index is 0.142. The van der Waals surface area contributed by atoms with Crippen LogP contribution in [-0.4, -0.2) is 22.8 Å². The zero-order chi connectivity index (χ0) is 22.1. The number of carbonyl (C=O) groups is 1. The van der Waals surface area contributed by atoms with Crippen molar-refractivity contribution >= 4 is 34.0 Å². The quantitative estimate of drug-likeness (QED) is 0.430. The van der Waals surface area contributed by atoms with Gasteiger partial charge < -0.3 is 9.88 Å². The van der Waals surface area contributed by atoms with Gasteiger partial charge in [-0.25, -0.2) is 0 Å². The number of nitrogens with one attached hydrogen (secondary N) is 1. The number of rotatable bonds is 5. The summed E-state index contributed by atoms with van der Waals surface area (Å²) in [5.74, 6) is -0.285. The topological polar surface area (TPSA) is 66.1 Å². The van der Waals surface area contributed by atoms with E-state index in [1.54, 1.807) is 18.2 Å². The van der Waals surface area contributed by atoms with E-state index in [-0.39, 0.29) is 11.3 Å². The minimum Gasteiger partial charge on any atom is -0.370 e. The normalized spacial score (nSPS) is 11.0. The summed E-state index contributed by atoms with van der Waals surface area (Å²) >= 11 is 6.22. The number of ketones is 1. The molecule has 0 fully saturated rings. The van der Waals surface area contributed by atoms with Crippen molar-refractivity contribution in [3.63, 3.8) is 0 Å². The van der Waals surface area contributed by atoms with Crippen molar-refractivity contribution in [2.45, 2.75) is 20.4 Å². The van der Waals surface area contributed by atoms with E-state index in [4.69, 9.17) is 11.6 Å². The number of aromatic amines is 1. The van der Waals surface area contributed by atoms with E-state index in [0.717, 1.165) is 28.9 Å². The number of nitrogens with zero attached hydrogens (tertiary/aromatic N) is 2. The van der Waals surface area contributed by atoms with Gasteiger partial charge in [0.25, 0.3) is 5.56 Å². The molecule has 0 saturated heterocycles. The summed E-state index contributed by atoms with van der Waals surface area (Å²) < 4.78 is 0. The Kier molecular flexibility index (Phi) is 5.61. The van der Waals surface area contributed by atoms with Crippen LogP contribution in [0.25, 0.3) is 22.0 Å². The predicted octanol–water partition coefficient (Wildman–Crippen LogP) is 5.39. The number of H-pyrrole nitrogens is 1. The lowest BCUT2D eigenvalue weighted by Gasteiger charge is -2.20. The fourth-order valence-electron chi connectivity index (χ4n) is 3.85. The summed E-state index contributed by atoms with van der Waals surface area (Å²) in [4.78, 5) is 34.1. The maximum atomic E-state index is 12.6. The van der Waals surface area contributed by atoms with Gasteiger partial charge in [0, 0.05) is 52.7 Å². The number of aromatic nitrogens is 2. The van der Waals surface area contributed by atoms with Crippen LogP contribution in [0.15, 0.2) is 65.6 Å². The number of hydrogen-bond donors (Lipinski definition) is 1. The third-order valence-electron chi connectivity index (χ3n) is 5.31. The Morgan fingerprint density at radius 3 is 2.52 bits per heavy atom. The molecule has 0 bridgehead atoms. The molecule has 0 amide bonds. The van der Waals surface area contributed by atoms with Crippen molar-refractivity contribution in [3.05, 3.63) is 93.0 Å². The van der Waals surface area contributed by atoms with Gasteiger partial charge in [-0.15, -0.1) is 0 Å². The summed E-state index contributed by atoms with van der Waals surface area (Å²) in [6, 6.07) is 17.2. The van der Waals surface area contributed by atoms with Gasteiger partial charge in [0.1, 0.15) is 0 Å². The van der Waals surface area contributed by atoms with Gasteiger partial charge in [0.05, 0.1) is 5.56 Å². The number of carbonyl (C=O) groups excluding carboxylic acids is 1. The highest BCUT2D eigenvalue weighted by molar-refractivity contribution is 6.31. The standard InChI is InChI=1S/C25H22ClN3O2/c1-15-12-17(10-11-27-15)14-29(3)20-7-4-18(5-8-20)24-21-13-19(26)6-9-22(21)28-25(31)23(24)16(2)30/h4-13H,14H2,1-3H3,(H,28,31). The van der Waals surface area contributed by atoms with Crippen LogP contribution in [0.5, 0.6) is 0 Å². The van der Waals surface area contributed by atoms with Crippen LogP contribution in [-0.2, 0) is 6.54 Å². The van der Waals surface area contributed by atoms with E-state index in [1.807, 2.05) is 50.5 Å². The molecule has 4 aromatic rings. The van der Waals surface area contributed by atoms with Gasteiger partial charge in [0.2, 0.25) is 0 Å². The number of aryl methyl sites for hydroxylation is 1. The number of pyridine rings is 2. The zero-order valence-corrected chi connectivity index (χ0v) is 18.3. The fourth-order valence-corrected chi connectivity index (χ4v) is 4.02. The molecule has 0 aliphatic carbocycles. The van der Waals surface area contributed by atoms with Gasteiger partial charge >= 0.3 is 0 Å². The lowest BCUT2D eigenvalue weighted by molar-refractivity contribution is 0.101. The molecule has 0 saturated carbocycles. The van der Waals surface area contributed by atoms with Crippen LogP contribution >= 0.6 is 11.6 Å². The molecule has 0 aliphatic rings. The van der Waals surface area contributed by atoms with E-state index < -0.39 is 5.56 Å². The molecule has 31 heavy (non-hydrogen) atoms. The predicted molar refractivity (Wildman–Crippen MR) is 126 cm³/mol. The first kappa shape index (κ1) is 20.8. The molecule has 2 heterocycles. The van der Waals surface area contributed by atoms with Crippen molar-refractivity contribution in [2.24, 2.45) is 0 Å². The van der Waals surface area contributed by atoms with E-state index in [0.29, 0.717) is 16.1 Å². The second-order valence-corrected chi connectivity index (χ2v) is 8.10. The van der Waals surface area contributed by atoms with E-state index in [9.17, 15) is 9.59 Å². The lowest BCUT2D eigenvalue weighted by atomic mass is 9.94. The van der Waals surface area contributed by atoms with Gasteiger partial charge in [-0.3, -0.25) is 14.6 Å². The van der Waals surface area contributed by atoms with Crippen molar-refractivity contribution in [1.82, 2.24) is 9.97 Å². The highest BCUT2D eigenvalue weighted by atomic mass is 35.5. The third-order valence-corrected chi connectivity index (χ3v) is 5.54. The number of hydrogen-bond acceptors (Lipinski definition) is 4. The first-order chi connectivity index (χ1) is 14.8. The fraction of sp³-hybridized carbons (Fsp3) is 0.160. The molecule has 0 spiro atoms. The first-order valence-corrected chi connectivity index (χ1v) is 10.3. The molecule has 156 valence electrons. The average molecular weight is 432 g/mol. The monoisotopic (exact) mass is 431 g/mol. The Labute approximate surface area is 185 Å². The Morgan fingerprint density at radius 2 is 1.84 bits per heavy atom. The van der Waals surface area contributed by atoms with Crippen LogP contribution in [0, 0.1) is 6.92 Å². The Balaban J connectivity index is 1.77. The second-order valence-electron chi connectivity index (χ2n) is 7.66. The van der Waals surface area contributed by atoms with Crippen LogP contribution in [0.3, 0.4) is 0 Å². The molecule has 1 N–H and O–H groups in total. The molecule has 4 rings (SSSR count). The summed E-state index contributed by atoms with van der Waals surface area (Å²) in [6.07, 6.45) is 1.81. The zero-order valence-electron chi connectivity index (χ0n) is 17.6. The maximum absolute atomic E-state index is 12.6. The van der Waals surface area contributed by atoms with Crippen molar-refractivity contribution in [1.29, 1.82) is 0 Å². The lowest BCUT2D eigenvalue weighted by Crippen LogP contribution is -2.18. The Bertz CT molecular complexity index is 1340. The third kappa shape index (κ3) is 4.23. The largest absolute Gasteiger partial charge is 0.370 e. The highest BCUT2D eigenvalue weighted by Gasteiger charge is 2.18. The molecule has 2 aromatic carbocycles. The summed E-state index contributed by atoms with van der Waals surface area (Å²) in [7, 11) is 2.02.